The van der Waals surface area contributed by atoms with Gasteiger partial charge in [-0.15, -0.1) is 10.2 Å². The summed E-state index contributed by atoms with van der Waals surface area (Å²) in [6.45, 7) is 0. The predicted molar refractivity (Wildman–Crippen MR) is 93.8 cm³/mol. The summed E-state index contributed by atoms with van der Waals surface area (Å²) in [5.41, 5.74) is 1.58. The van der Waals surface area contributed by atoms with Gasteiger partial charge in [0.25, 0.3) is 0 Å². The normalized spacial score (nSPS) is 10.8. The molecule has 0 aliphatic carbocycles. The molecule has 0 atom stereocenters. The van der Waals surface area contributed by atoms with Gasteiger partial charge in [-0.1, -0.05) is 22.8 Å². The van der Waals surface area contributed by atoms with Crippen molar-refractivity contribution in [2.75, 3.05) is 7.11 Å². The van der Waals surface area contributed by atoms with Gasteiger partial charge in [-0.3, -0.25) is 0 Å². The molecule has 0 saturated carbocycles. The van der Waals surface area contributed by atoms with Crippen LogP contribution >= 0.6 is 11.6 Å². The van der Waals surface area contributed by atoms with Gasteiger partial charge in [-0.2, -0.15) is 4.98 Å². The van der Waals surface area contributed by atoms with Crippen molar-refractivity contribution in [1.82, 2.24) is 20.3 Å². The molecular weight excluding hydrogens is 356 g/mol. The molecule has 0 N–H and O–H groups in total. The van der Waals surface area contributed by atoms with Gasteiger partial charge in [0.1, 0.15) is 12.2 Å². The van der Waals surface area contributed by atoms with E-state index in [1.54, 1.807) is 19.2 Å². The lowest BCUT2D eigenvalue weighted by Gasteiger charge is -1.98. The Hall–Kier alpha value is -3.19. The van der Waals surface area contributed by atoms with Crippen LogP contribution in [-0.2, 0) is 6.42 Å². The third-order valence-corrected chi connectivity index (χ3v) is 3.89. The molecule has 26 heavy (non-hydrogen) atoms. The highest BCUT2D eigenvalue weighted by Crippen LogP contribution is 2.23. The Morgan fingerprint density at radius 1 is 1.00 bits per heavy atom. The molecule has 0 radical (unpaired) electrons. The van der Waals surface area contributed by atoms with Gasteiger partial charge >= 0.3 is 0 Å². The molecule has 8 heteroatoms. The Balaban J connectivity index is 1.51. The van der Waals surface area contributed by atoms with E-state index in [-0.39, 0.29) is 6.42 Å². The van der Waals surface area contributed by atoms with Crippen molar-refractivity contribution in [2.24, 2.45) is 0 Å². The van der Waals surface area contributed by atoms with E-state index < -0.39 is 0 Å². The molecule has 2 aromatic carbocycles. The largest absolute Gasteiger partial charge is 0.497 e. The molecule has 0 aliphatic heterocycles. The third kappa shape index (κ3) is 3.43. The van der Waals surface area contributed by atoms with Crippen LogP contribution in [0.15, 0.2) is 57.5 Å². The third-order valence-electron chi connectivity index (χ3n) is 3.66. The molecule has 4 rings (SSSR count). The number of nitrogens with zero attached hydrogens (tertiary/aromatic N) is 4. The maximum Gasteiger partial charge on any atom is 0.247 e. The van der Waals surface area contributed by atoms with Gasteiger partial charge in [-0.25, -0.2) is 0 Å². The van der Waals surface area contributed by atoms with Crippen LogP contribution in [0.2, 0.25) is 5.02 Å². The first-order valence-corrected chi connectivity index (χ1v) is 8.14. The van der Waals surface area contributed by atoms with Crippen LogP contribution in [-0.4, -0.2) is 27.4 Å². The van der Waals surface area contributed by atoms with Crippen LogP contribution in [0.3, 0.4) is 0 Å². The SMILES string of the molecule is COc1ccc(-c2noc(Cc3nnc(-c4cccc(Cl)c4)o3)n2)cc1. The quantitative estimate of drug-likeness (QED) is 0.525. The molecule has 4 aromatic rings. The number of hydrogen-bond acceptors (Lipinski definition) is 7. The summed E-state index contributed by atoms with van der Waals surface area (Å²) in [5, 5.41) is 12.6. The maximum absolute atomic E-state index is 5.98. The number of benzene rings is 2. The minimum absolute atomic E-state index is 0.247. The fraction of sp³-hybridized carbons (Fsp3) is 0.111. The summed E-state index contributed by atoms with van der Waals surface area (Å²) >= 11 is 5.98. The molecule has 0 unspecified atom stereocenters. The number of methoxy groups -OCH3 is 1. The van der Waals surface area contributed by atoms with Crippen molar-refractivity contribution >= 4 is 11.6 Å². The molecule has 2 heterocycles. The zero-order valence-corrected chi connectivity index (χ0v) is 14.5. The summed E-state index contributed by atoms with van der Waals surface area (Å²) < 4.78 is 16.1. The van der Waals surface area contributed by atoms with Crippen molar-refractivity contribution in [2.45, 2.75) is 6.42 Å². The Morgan fingerprint density at radius 3 is 2.62 bits per heavy atom. The fourth-order valence-electron chi connectivity index (χ4n) is 2.38. The van der Waals surface area contributed by atoms with E-state index in [1.165, 1.54) is 0 Å². The molecule has 0 saturated heterocycles. The second kappa shape index (κ2) is 6.97. The smallest absolute Gasteiger partial charge is 0.247 e. The van der Waals surface area contributed by atoms with Gasteiger partial charge in [0.15, 0.2) is 0 Å². The molecule has 0 amide bonds. The molecule has 7 nitrogen and oxygen atoms in total. The van der Waals surface area contributed by atoms with E-state index in [0.717, 1.165) is 16.9 Å². The molecule has 0 spiro atoms. The first-order valence-electron chi connectivity index (χ1n) is 7.76. The summed E-state index contributed by atoms with van der Waals surface area (Å²) in [5.74, 6) is 2.40. The summed E-state index contributed by atoms with van der Waals surface area (Å²) in [6.07, 6.45) is 0.247. The highest BCUT2D eigenvalue weighted by Gasteiger charge is 2.14. The number of aromatic nitrogens is 4. The number of ether oxygens (including phenoxy) is 1. The lowest BCUT2D eigenvalue weighted by Crippen LogP contribution is -1.89. The zero-order valence-electron chi connectivity index (χ0n) is 13.7. The molecule has 0 aliphatic rings. The average Bonchev–Trinajstić information content (AvgIpc) is 3.32. The van der Waals surface area contributed by atoms with Gasteiger partial charge in [-0.05, 0) is 42.5 Å². The number of halogens is 1. The van der Waals surface area contributed by atoms with Crippen LogP contribution in [0, 0.1) is 0 Å². The van der Waals surface area contributed by atoms with E-state index in [1.807, 2.05) is 36.4 Å². The van der Waals surface area contributed by atoms with Crippen LogP contribution in [0.1, 0.15) is 11.8 Å². The van der Waals surface area contributed by atoms with Crippen LogP contribution < -0.4 is 4.74 Å². The Labute approximate surface area is 153 Å². The lowest BCUT2D eigenvalue weighted by molar-refractivity contribution is 0.374. The number of hydrogen-bond donors (Lipinski definition) is 0. The highest BCUT2D eigenvalue weighted by atomic mass is 35.5. The van der Waals surface area contributed by atoms with Gasteiger partial charge in [0.2, 0.25) is 23.5 Å². The van der Waals surface area contributed by atoms with Crippen molar-refractivity contribution in [3.63, 3.8) is 0 Å². The predicted octanol–water partition coefficient (Wildman–Crippen LogP) is 4.04. The summed E-state index contributed by atoms with van der Waals surface area (Å²) in [6, 6.07) is 14.6. The summed E-state index contributed by atoms with van der Waals surface area (Å²) in [4.78, 5) is 4.36. The van der Waals surface area contributed by atoms with Crippen molar-refractivity contribution in [3.05, 3.63) is 65.3 Å². The van der Waals surface area contributed by atoms with Crippen LogP contribution in [0.25, 0.3) is 22.8 Å². The Morgan fingerprint density at radius 2 is 1.85 bits per heavy atom. The second-order valence-corrected chi connectivity index (χ2v) is 5.86. The standard InChI is InChI=1S/C18H13ClN4O3/c1-24-14-7-5-11(6-8-14)17-20-15(26-23-17)10-16-21-22-18(25-16)12-3-2-4-13(19)9-12/h2-9H,10H2,1H3. The molecule has 0 bridgehead atoms. The first kappa shape index (κ1) is 16.3. The lowest BCUT2D eigenvalue weighted by atomic mass is 10.2. The number of rotatable bonds is 5. The van der Waals surface area contributed by atoms with Gasteiger partial charge < -0.3 is 13.7 Å². The topological polar surface area (TPSA) is 87.1 Å². The van der Waals surface area contributed by atoms with E-state index in [9.17, 15) is 0 Å². The van der Waals surface area contributed by atoms with Crippen LogP contribution in [0.5, 0.6) is 5.75 Å². The first-order chi connectivity index (χ1) is 12.7. The van der Waals surface area contributed by atoms with Crippen molar-refractivity contribution in [1.29, 1.82) is 0 Å². The zero-order chi connectivity index (χ0) is 17.9. The minimum Gasteiger partial charge on any atom is -0.497 e. The van der Waals surface area contributed by atoms with Gasteiger partial charge in [0, 0.05) is 16.1 Å². The molecule has 0 fully saturated rings. The van der Waals surface area contributed by atoms with Gasteiger partial charge in [0.05, 0.1) is 7.11 Å². The summed E-state index contributed by atoms with van der Waals surface area (Å²) in [7, 11) is 1.61. The monoisotopic (exact) mass is 368 g/mol. The van der Waals surface area contributed by atoms with Crippen molar-refractivity contribution < 1.29 is 13.7 Å². The Bertz CT molecular complexity index is 1030. The average molecular weight is 369 g/mol. The van der Waals surface area contributed by atoms with E-state index in [2.05, 4.69) is 20.3 Å². The highest BCUT2D eigenvalue weighted by molar-refractivity contribution is 6.30. The molecule has 2 aromatic heterocycles. The van der Waals surface area contributed by atoms with E-state index in [0.29, 0.717) is 28.5 Å². The Kier molecular flexibility index (Phi) is 4.37. The van der Waals surface area contributed by atoms with Crippen molar-refractivity contribution in [3.8, 4) is 28.6 Å². The van der Waals surface area contributed by atoms with E-state index in [4.69, 9.17) is 25.3 Å². The minimum atomic E-state index is 0.247. The second-order valence-electron chi connectivity index (χ2n) is 5.43. The molecular formula is C18H13ClN4O3. The molecule has 130 valence electrons. The van der Waals surface area contributed by atoms with Crippen LogP contribution in [0.4, 0.5) is 0 Å². The van der Waals surface area contributed by atoms with E-state index >= 15 is 0 Å². The maximum atomic E-state index is 5.98. The fourth-order valence-corrected chi connectivity index (χ4v) is 2.57.